The second-order valence-electron chi connectivity index (χ2n) is 5.67. The van der Waals surface area contributed by atoms with Gasteiger partial charge in [0.05, 0.1) is 0 Å². The molecule has 0 bridgehead atoms. The van der Waals surface area contributed by atoms with Gasteiger partial charge in [0.2, 0.25) is 5.91 Å². The Morgan fingerprint density at radius 1 is 1.04 bits per heavy atom. The van der Waals surface area contributed by atoms with Crippen LogP contribution in [0.15, 0.2) is 59.7 Å². The molecule has 130 valence electrons. The molecule has 0 fully saturated rings. The highest BCUT2D eigenvalue weighted by atomic mass is 16.2. The molecule has 0 radical (unpaired) electrons. The number of nitrogens with one attached hydrogen (secondary N) is 2. The summed E-state index contributed by atoms with van der Waals surface area (Å²) in [4.78, 5) is 23.7. The maximum atomic E-state index is 12.0. The van der Waals surface area contributed by atoms with Crippen LogP contribution in [0.1, 0.15) is 42.1 Å². The number of amides is 2. The highest BCUT2D eigenvalue weighted by molar-refractivity contribution is 5.95. The first-order valence-electron chi connectivity index (χ1n) is 8.44. The van der Waals surface area contributed by atoms with Crippen LogP contribution in [0.3, 0.4) is 0 Å². The number of rotatable bonds is 8. The van der Waals surface area contributed by atoms with Gasteiger partial charge in [-0.2, -0.15) is 5.10 Å². The molecule has 0 aliphatic rings. The van der Waals surface area contributed by atoms with Crippen molar-refractivity contribution in [3.8, 4) is 0 Å². The minimum Gasteiger partial charge on any atom is -0.326 e. The number of hydrazone groups is 1. The Kier molecular flexibility index (Phi) is 7.38. The third-order valence-corrected chi connectivity index (χ3v) is 3.62. The quantitative estimate of drug-likeness (QED) is 0.568. The Bertz CT molecular complexity index is 709. The predicted octanol–water partition coefficient (Wildman–Crippen LogP) is 3.77. The fraction of sp³-hybridized carbons (Fsp3) is 0.250. The molecular weight excluding hydrogens is 314 g/mol. The van der Waals surface area contributed by atoms with Crippen LogP contribution in [-0.4, -0.2) is 18.0 Å². The van der Waals surface area contributed by atoms with Crippen molar-refractivity contribution in [1.82, 2.24) is 5.43 Å². The Hall–Kier alpha value is -2.95. The molecule has 5 heteroatoms. The van der Waals surface area contributed by atoms with Gasteiger partial charge >= 0.3 is 0 Å². The van der Waals surface area contributed by atoms with Gasteiger partial charge in [0.1, 0.15) is 0 Å². The Balaban J connectivity index is 1.80. The number of nitrogens with zero attached hydrogens (tertiary/aromatic N) is 1. The molecule has 0 atom stereocenters. The Labute approximate surface area is 148 Å². The molecule has 25 heavy (non-hydrogen) atoms. The average molecular weight is 337 g/mol. The fourth-order valence-corrected chi connectivity index (χ4v) is 2.20. The van der Waals surface area contributed by atoms with E-state index in [4.69, 9.17) is 0 Å². The van der Waals surface area contributed by atoms with Crippen molar-refractivity contribution in [2.45, 2.75) is 32.6 Å². The maximum absolute atomic E-state index is 12.0. The summed E-state index contributed by atoms with van der Waals surface area (Å²) in [6.45, 7) is 2.04. The third kappa shape index (κ3) is 6.59. The molecule has 2 aromatic rings. The second-order valence-corrected chi connectivity index (χ2v) is 5.67. The van der Waals surface area contributed by atoms with Gasteiger partial charge in [0, 0.05) is 30.3 Å². The second kappa shape index (κ2) is 10.0. The number of carbonyl (C=O) groups is 2. The van der Waals surface area contributed by atoms with E-state index in [1.165, 1.54) is 0 Å². The Morgan fingerprint density at radius 2 is 1.76 bits per heavy atom. The van der Waals surface area contributed by atoms with Crippen molar-refractivity contribution in [1.29, 1.82) is 0 Å². The smallest absolute Gasteiger partial charge is 0.271 e. The molecule has 0 heterocycles. The van der Waals surface area contributed by atoms with Crippen LogP contribution in [-0.2, 0) is 11.2 Å². The number of hydrogen-bond acceptors (Lipinski definition) is 3. The molecule has 0 aliphatic heterocycles. The molecule has 5 nitrogen and oxygen atoms in total. The SMILES string of the molecule is CCCCC(=O)Nc1ccc(C(=O)NN=CCc2ccccc2)cc1. The first-order valence-corrected chi connectivity index (χ1v) is 8.44. The number of unbranched alkanes of at least 4 members (excludes halogenated alkanes) is 1. The maximum Gasteiger partial charge on any atom is 0.271 e. The van der Waals surface area contributed by atoms with Crippen LogP contribution in [0.25, 0.3) is 0 Å². The lowest BCUT2D eigenvalue weighted by molar-refractivity contribution is -0.116. The van der Waals surface area contributed by atoms with Crippen molar-refractivity contribution in [3.05, 3.63) is 65.7 Å². The van der Waals surface area contributed by atoms with E-state index in [9.17, 15) is 9.59 Å². The minimum absolute atomic E-state index is 0.00966. The van der Waals surface area contributed by atoms with Gasteiger partial charge in [-0.3, -0.25) is 9.59 Å². The summed E-state index contributed by atoms with van der Waals surface area (Å²) in [5.74, 6) is -0.294. The number of benzene rings is 2. The van der Waals surface area contributed by atoms with E-state index < -0.39 is 0 Å². The van der Waals surface area contributed by atoms with Gasteiger partial charge < -0.3 is 5.32 Å². The zero-order valence-electron chi connectivity index (χ0n) is 14.4. The van der Waals surface area contributed by atoms with Crippen molar-refractivity contribution in [2.24, 2.45) is 5.10 Å². The first-order chi connectivity index (χ1) is 12.2. The van der Waals surface area contributed by atoms with Crippen molar-refractivity contribution in [2.75, 3.05) is 5.32 Å². The standard InChI is InChI=1S/C20H23N3O2/c1-2-3-9-19(24)22-18-12-10-17(11-13-18)20(25)23-21-15-14-16-7-5-4-6-8-16/h4-8,10-13,15H,2-3,9,14H2,1H3,(H,22,24)(H,23,25). The fourth-order valence-electron chi connectivity index (χ4n) is 2.20. The van der Waals surface area contributed by atoms with E-state index in [-0.39, 0.29) is 11.8 Å². The highest BCUT2D eigenvalue weighted by Gasteiger charge is 2.05. The van der Waals surface area contributed by atoms with E-state index in [0.29, 0.717) is 24.1 Å². The number of hydrogen-bond donors (Lipinski definition) is 2. The lowest BCUT2D eigenvalue weighted by atomic mass is 10.2. The summed E-state index contributed by atoms with van der Waals surface area (Å²) in [6, 6.07) is 16.6. The van der Waals surface area contributed by atoms with E-state index in [1.54, 1.807) is 30.5 Å². The average Bonchev–Trinajstić information content (AvgIpc) is 2.65. The van der Waals surface area contributed by atoms with Crippen LogP contribution in [0.4, 0.5) is 5.69 Å². The molecule has 0 aromatic heterocycles. The molecular formula is C20H23N3O2. The molecule has 2 amide bonds. The zero-order valence-corrected chi connectivity index (χ0v) is 14.4. The van der Waals surface area contributed by atoms with Crippen LogP contribution in [0, 0.1) is 0 Å². The van der Waals surface area contributed by atoms with Gasteiger partial charge in [-0.15, -0.1) is 0 Å². The molecule has 0 unspecified atom stereocenters. The molecule has 2 rings (SSSR count). The monoisotopic (exact) mass is 337 g/mol. The molecule has 0 spiro atoms. The number of anilines is 1. The summed E-state index contributed by atoms with van der Waals surface area (Å²) >= 11 is 0. The van der Waals surface area contributed by atoms with Gasteiger partial charge in [-0.1, -0.05) is 43.7 Å². The van der Waals surface area contributed by atoms with Crippen molar-refractivity contribution in [3.63, 3.8) is 0 Å². The summed E-state index contributed by atoms with van der Waals surface area (Å²) in [5.41, 5.74) is 4.80. The van der Waals surface area contributed by atoms with E-state index in [0.717, 1.165) is 18.4 Å². The topological polar surface area (TPSA) is 70.6 Å². The third-order valence-electron chi connectivity index (χ3n) is 3.62. The van der Waals surface area contributed by atoms with Crippen molar-refractivity contribution >= 4 is 23.7 Å². The van der Waals surface area contributed by atoms with Gasteiger partial charge in [0.25, 0.3) is 5.91 Å². The normalized spacial score (nSPS) is 10.6. The molecule has 2 aromatic carbocycles. The van der Waals surface area contributed by atoms with Crippen LogP contribution >= 0.6 is 0 Å². The van der Waals surface area contributed by atoms with Crippen LogP contribution < -0.4 is 10.7 Å². The van der Waals surface area contributed by atoms with Crippen molar-refractivity contribution < 1.29 is 9.59 Å². The van der Waals surface area contributed by atoms with Gasteiger partial charge in [0.15, 0.2) is 0 Å². The highest BCUT2D eigenvalue weighted by Crippen LogP contribution is 2.10. The predicted molar refractivity (Wildman–Crippen MR) is 101 cm³/mol. The van der Waals surface area contributed by atoms with Crippen LogP contribution in [0.5, 0.6) is 0 Å². The summed E-state index contributed by atoms with van der Waals surface area (Å²) < 4.78 is 0. The van der Waals surface area contributed by atoms with E-state index >= 15 is 0 Å². The summed E-state index contributed by atoms with van der Waals surface area (Å²) in [7, 11) is 0. The molecule has 2 N–H and O–H groups in total. The summed E-state index contributed by atoms with van der Waals surface area (Å²) in [6.07, 6.45) is 4.68. The van der Waals surface area contributed by atoms with E-state index in [1.807, 2.05) is 37.3 Å². The van der Waals surface area contributed by atoms with E-state index in [2.05, 4.69) is 15.8 Å². The lowest BCUT2D eigenvalue weighted by Crippen LogP contribution is -2.18. The largest absolute Gasteiger partial charge is 0.326 e. The van der Waals surface area contributed by atoms with Gasteiger partial charge in [-0.25, -0.2) is 5.43 Å². The molecule has 0 saturated carbocycles. The number of carbonyl (C=O) groups excluding carboxylic acids is 2. The molecule has 0 aliphatic carbocycles. The van der Waals surface area contributed by atoms with Crippen LogP contribution in [0.2, 0.25) is 0 Å². The zero-order chi connectivity index (χ0) is 17.9. The van der Waals surface area contributed by atoms with Gasteiger partial charge in [-0.05, 0) is 36.2 Å². The molecule has 0 saturated heterocycles. The lowest BCUT2D eigenvalue weighted by Gasteiger charge is -2.05. The minimum atomic E-state index is -0.284. The first kappa shape index (κ1) is 18.4. The summed E-state index contributed by atoms with van der Waals surface area (Å²) in [5, 5.41) is 6.77. The Morgan fingerprint density at radius 3 is 2.44 bits per heavy atom.